The molecule has 1 N–H and O–H groups in total. The quantitative estimate of drug-likeness (QED) is 0.916. The smallest absolute Gasteiger partial charge is 0.321 e. The molecule has 0 heterocycles. The maximum absolute atomic E-state index is 12.1. The Morgan fingerprint density at radius 2 is 2.05 bits per heavy atom. The summed E-state index contributed by atoms with van der Waals surface area (Å²) in [6.07, 6.45) is 0. The Morgan fingerprint density at radius 1 is 1.29 bits per heavy atom. The molecule has 2 aromatic carbocycles. The Labute approximate surface area is 132 Å². The zero-order chi connectivity index (χ0) is 15.2. The van der Waals surface area contributed by atoms with Gasteiger partial charge in [0.15, 0.2) is 0 Å². The van der Waals surface area contributed by atoms with Crippen LogP contribution >= 0.6 is 15.9 Å². The standard InChI is InChI=1S/C16H14BrN3O/c1-20(11-13-5-2-6-14(17)8-13)16(21)19-15-7-3-4-12(9-15)10-18/h2-9H,11H2,1H3,(H,19,21). The summed E-state index contributed by atoms with van der Waals surface area (Å²) in [5.41, 5.74) is 2.16. The van der Waals surface area contributed by atoms with Crippen molar-refractivity contribution in [1.82, 2.24) is 4.90 Å². The fourth-order valence-corrected chi connectivity index (χ4v) is 2.31. The highest BCUT2D eigenvalue weighted by Gasteiger charge is 2.09. The van der Waals surface area contributed by atoms with Crippen molar-refractivity contribution in [3.8, 4) is 6.07 Å². The van der Waals surface area contributed by atoms with Crippen molar-refractivity contribution in [2.75, 3.05) is 12.4 Å². The monoisotopic (exact) mass is 343 g/mol. The van der Waals surface area contributed by atoms with E-state index in [1.807, 2.05) is 30.3 Å². The third-order valence-corrected chi connectivity index (χ3v) is 3.39. The van der Waals surface area contributed by atoms with E-state index >= 15 is 0 Å². The molecule has 2 rings (SSSR count). The first kappa shape index (κ1) is 15.1. The minimum absolute atomic E-state index is 0.218. The Hall–Kier alpha value is -2.32. The van der Waals surface area contributed by atoms with E-state index in [-0.39, 0.29) is 6.03 Å². The van der Waals surface area contributed by atoms with Crippen LogP contribution < -0.4 is 5.32 Å². The van der Waals surface area contributed by atoms with E-state index in [1.165, 1.54) is 0 Å². The van der Waals surface area contributed by atoms with Crippen LogP contribution in [0.2, 0.25) is 0 Å². The number of nitriles is 1. The molecular weight excluding hydrogens is 330 g/mol. The van der Waals surface area contributed by atoms with Gasteiger partial charge in [-0.05, 0) is 35.9 Å². The van der Waals surface area contributed by atoms with Gasteiger partial charge in [0.25, 0.3) is 0 Å². The van der Waals surface area contributed by atoms with E-state index in [9.17, 15) is 4.79 Å². The van der Waals surface area contributed by atoms with Crippen molar-refractivity contribution in [3.63, 3.8) is 0 Å². The van der Waals surface area contributed by atoms with E-state index in [0.29, 0.717) is 17.8 Å². The minimum atomic E-state index is -0.218. The number of nitrogens with one attached hydrogen (secondary N) is 1. The van der Waals surface area contributed by atoms with Crippen molar-refractivity contribution in [1.29, 1.82) is 5.26 Å². The van der Waals surface area contributed by atoms with Crippen LogP contribution in [0, 0.1) is 11.3 Å². The fourth-order valence-electron chi connectivity index (χ4n) is 1.87. The Bertz CT molecular complexity index is 694. The summed E-state index contributed by atoms with van der Waals surface area (Å²) in [6, 6.07) is 16.5. The molecule has 0 aromatic heterocycles. The summed E-state index contributed by atoms with van der Waals surface area (Å²) < 4.78 is 0.982. The number of nitrogens with zero attached hydrogens (tertiary/aromatic N) is 2. The van der Waals surface area contributed by atoms with Crippen LogP contribution in [-0.2, 0) is 6.54 Å². The van der Waals surface area contributed by atoms with Gasteiger partial charge in [0, 0.05) is 23.8 Å². The van der Waals surface area contributed by atoms with Crippen LogP contribution in [0.5, 0.6) is 0 Å². The fraction of sp³-hybridized carbons (Fsp3) is 0.125. The van der Waals surface area contributed by atoms with Gasteiger partial charge in [0.05, 0.1) is 11.6 Å². The maximum Gasteiger partial charge on any atom is 0.321 e. The Balaban J connectivity index is 2.01. The summed E-state index contributed by atoms with van der Waals surface area (Å²) >= 11 is 3.41. The number of hydrogen-bond donors (Lipinski definition) is 1. The van der Waals surface area contributed by atoms with Crippen molar-refractivity contribution in [2.45, 2.75) is 6.54 Å². The van der Waals surface area contributed by atoms with Crippen molar-refractivity contribution in [2.24, 2.45) is 0 Å². The number of carbonyl (C=O) groups is 1. The molecule has 4 nitrogen and oxygen atoms in total. The van der Waals surface area contributed by atoms with E-state index in [1.54, 1.807) is 36.2 Å². The number of anilines is 1. The molecule has 21 heavy (non-hydrogen) atoms. The first-order valence-corrected chi connectivity index (χ1v) is 7.14. The van der Waals surface area contributed by atoms with Gasteiger partial charge in [-0.1, -0.05) is 34.1 Å². The zero-order valence-corrected chi connectivity index (χ0v) is 13.1. The summed E-state index contributed by atoms with van der Waals surface area (Å²) in [5, 5.41) is 11.6. The van der Waals surface area contributed by atoms with E-state index < -0.39 is 0 Å². The maximum atomic E-state index is 12.1. The van der Waals surface area contributed by atoms with Gasteiger partial charge >= 0.3 is 6.03 Å². The lowest BCUT2D eigenvalue weighted by molar-refractivity contribution is 0.220. The number of halogens is 1. The predicted molar refractivity (Wildman–Crippen MR) is 85.8 cm³/mol. The van der Waals surface area contributed by atoms with Crippen molar-refractivity contribution in [3.05, 3.63) is 64.1 Å². The molecule has 0 saturated heterocycles. The molecule has 0 spiro atoms. The van der Waals surface area contributed by atoms with Crippen LogP contribution in [0.4, 0.5) is 10.5 Å². The van der Waals surface area contributed by atoms with Gasteiger partial charge in [-0.25, -0.2) is 4.79 Å². The molecule has 5 heteroatoms. The third-order valence-electron chi connectivity index (χ3n) is 2.90. The molecule has 106 valence electrons. The highest BCUT2D eigenvalue weighted by Crippen LogP contribution is 2.14. The zero-order valence-electron chi connectivity index (χ0n) is 11.5. The number of rotatable bonds is 3. The average Bonchev–Trinajstić information content (AvgIpc) is 2.47. The molecule has 2 amide bonds. The van der Waals surface area contributed by atoms with Crippen molar-refractivity contribution < 1.29 is 4.79 Å². The summed E-state index contributed by atoms with van der Waals surface area (Å²) in [7, 11) is 1.73. The molecular formula is C16H14BrN3O. The van der Waals surface area contributed by atoms with Gasteiger partial charge in [-0.3, -0.25) is 0 Å². The molecule has 0 radical (unpaired) electrons. The molecule has 0 bridgehead atoms. The third kappa shape index (κ3) is 4.33. The molecule has 0 fully saturated rings. The SMILES string of the molecule is CN(Cc1cccc(Br)c1)C(=O)Nc1cccc(C#N)c1. The van der Waals surface area contributed by atoms with Crippen LogP contribution in [0.1, 0.15) is 11.1 Å². The van der Waals surface area contributed by atoms with E-state index in [0.717, 1.165) is 10.0 Å². The number of hydrogen-bond acceptors (Lipinski definition) is 2. The lowest BCUT2D eigenvalue weighted by atomic mass is 10.2. The molecule has 0 atom stereocenters. The number of benzene rings is 2. The molecule has 2 aromatic rings. The predicted octanol–water partition coefficient (Wildman–Crippen LogP) is 3.98. The second-order valence-corrected chi connectivity index (χ2v) is 5.52. The number of urea groups is 1. The topological polar surface area (TPSA) is 56.1 Å². The Morgan fingerprint density at radius 3 is 2.76 bits per heavy atom. The van der Waals surface area contributed by atoms with Gasteiger partial charge in [-0.2, -0.15) is 5.26 Å². The highest BCUT2D eigenvalue weighted by molar-refractivity contribution is 9.10. The summed E-state index contributed by atoms with van der Waals surface area (Å²) in [4.78, 5) is 13.7. The van der Waals surface area contributed by atoms with Crippen LogP contribution in [0.25, 0.3) is 0 Å². The molecule has 0 unspecified atom stereocenters. The first-order valence-electron chi connectivity index (χ1n) is 6.35. The van der Waals surface area contributed by atoms with Crippen LogP contribution in [0.15, 0.2) is 53.0 Å². The van der Waals surface area contributed by atoms with Gasteiger partial charge in [-0.15, -0.1) is 0 Å². The molecule has 0 saturated carbocycles. The van der Waals surface area contributed by atoms with Crippen molar-refractivity contribution >= 4 is 27.6 Å². The van der Waals surface area contributed by atoms with Gasteiger partial charge in [0.1, 0.15) is 0 Å². The summed E-state index contributed by atoms with van der Waals surface area (Å²) in [5.74, 6) is 0. The molecule has 0 aliphatic rings. The normalized spacial score (nSPS) is 9.76. The second-order valence-electron chi connectivity index (χ2n) is 4.61. The second kappa shape index (κ2) is 6.91. The lowest BCUT2D eigenvalue weighted by Gasteiger charge is -2.18. The van der Waals surface area contributed by atoms with Gasteiger partial charge < -0.3 is 10.2 Å². The van der Waals surface area contributed by atoms with E-state index in [4.69, 9.17) is 5.26 Å². The number of amides is 2. The molecule has 0 aliphatic heterocycles. The van der Waals surface area contributed by atoms with Crippen LogP contribution in [-0.4, -0.2) is 18.0 Å². The van der Waals surface area contributed by atoms with Gasteiger partial charge in [0.2, 0.25) is 0 Å². The largest absolute Gasteiger partial charge is 0.323 e. The molecule has 0 aliphatic carbocycles. The highest BCUT2D eigenvalue weighted by atomic mass is 79.9. The summed E-state index contributed by atoms with van der Waals surface area (Å²) in [6.45, 7) is 0.503. The van der Waals surface area contributed by atoms with E-state index in [2.05, 4.69) is 21.2 Å². The van der Waals surface area contributed by atoms with Crippen LogP contribution in [0.3, 0.4) is 0 Å². The Kier molecular flexibility index (Phi) is 4.96. The average molecular weight is 344 g/mol. The minimum Gasteiger partial charge on any atom is -0.323 e. The first-order chi connectivity index (χ1) is 10.1. The lowest BCUT2D eigenvalue weighted by Crippen LogP contribution is -2.30. The number of carbonyl (C=O) groups excluding carboxylic acids is 1.